The van der Waals surface area contributed by atoms with Crippen LogP contribution in [0.3, 0.4) is 0 Å². The van der Waals surface area contributed by atoms with Crippen LogP contribution in [0.5, 0.6) is 5.75 Å². The third-order valence-electron chi connectivity index (χ3n) is 6.73. The molecular formula is C32H27ClN6O3. The van der Waals surface area contributed by atoms with Crippen molar-refractivity contribution < 1.29 is 9.53 Å². The van der Waals surface area contributed by atoms with Gasteiger partial charge in [0.05, 0.1) is 28.7 Å². The average Bonchev–Trinajstić information content (AvgIpc) is 3.52. The summed E-state index contributed by atoms with van der Waals surface area (Å²) in [5, 5.41) is 17.8. The van der Waals surface area contributed by atoms with Crippen molar-refractivity contribution in [3.05, 3.63) is 117 Å². The zero-order valence-corrected chi connectivity index (χ0v) is 24.0. The van der Waals surface area contributed by atoms with Crippen LogP contribution in [0.2, 0.25) is 5.02 Å². The lowest BCUT2D eigenvalue weighted by Crippen LogP contribution is -2.23. The van der Waals surface area contributed by atoms with Gasteiger partial charge in [-0.2, -0.15) is 10.4 Å². The van der Waals surface area contributed by atoms with Crippen LogP contribution in [0.1, 0.15) is 18.2 Å². The van der Waals surface area contributed by atoms with Gasteiger partial charge in [-0.3, -0.25) is 14.3 Å². The van der Waals surface area contributed by atoms with E-state index in [0.717, 1.165) is 5.69 Å². The highest BCUT2D eigenvalue weighted by Crippen LogP contribution is 2.33. The Balaban J connectivity index is 1.55. The summed E-state index contributed by atoms with van der Waals surface area (Å²) in [5.74, 6) is -0.175. The molecule has 0 fully saturated rings. The lowest BCUT2D eigenvalue weighted by Gasteiger charge is -2.07. The van der Waals surface area contributed by atoms with Crippen molar-refractivity contribution in [3.8, 4) is 34.5 Å². The second kappa shape index (κ2) is 12.0. The van der Waals surface area contributed by atoms with Crippen LogP contribution in [-0.4, -0.2) is 31.7 Å². The second-order valence-corrected chi connectivity index (χ2v) is 9.76. The van der Waals surface area contributed by atoms with E-state index in [4.69, 9.17) is 21.4 Å². The van der Waals surface area contributed by atoms with E-state index >= 15 is 0 Å². The third kappa shape index (κ3) is 5.48. The fraction of sp³-hybridized carbons (Fsp3) is 0.125. The minimum Gasteiger partial charge on any atom is -0.492 e. The molecule has 0 spiro atoms. The van der Waals surface area contributed by atoms with E-state index in [9.17, 15) is 14.9 Å². The summed E-state index contributed by atoms with van der Waals surface area (Å²) >= 11 is 6.47. The SMILES string of the molecule is CCOc1ccc(-c2nn(-c3ccccc3)cc2/C=C(/C#N)C(=O)Nc2c(C)n(C)n(-c3ccccc3)c2=O)cc1Cl. The standard InChI is InChI=1S/C32H27ClN6O3/c1-4-42-28-16-15-22(18-27(28)33)30-24(20-38(36-30)25-11-7-5-8-12-25)17-23(19-34)31(40)35-29-21(2)37(3)39(32(29)41)26-13-9-6-10-14-26/h5-18,20H,4H2,1-3H3,(H,35,40)/b23-17-. The van der Waals surface area contributed by atoms with Crippen molar-refractivity contribution in [1.82, 2.24) is 19.1 Å². The van der Waals surface area contributed by atoms with E-state index < -0.39 is 11.5 Å². The number of anilines is 1. The first kappa shape index (κ1) is 28.2. The molecule has 210 valence electrons. The van der Waals surface area contributed by atoms with Gasteiger partial charge in [-0.25, -0.2) is 9.36 Å². The van der Waals surface area contributed by atoms with Crippen LogP contribution >= 0.6 is 11.6 Å². The van der Waals surface area contributed by atoms with Gasteiger partial charge in [0, 0.05) is 24.4 Å². The Labute approximate surface area is 247 Å². The van der Waals surface area contributed by atoms with Crippen LogP contribution in [0.25, 0.3) is 28.7 Å². The number of nitriles is 1. The Morgan fingerprint density at radius 3 is 2.36 bits per heavy atom. The molecule has 2 aromatic heterocycles. The first-order valence-electron chi connectivity index (χ1n) is 13.2. The van der Waals surface area contributed by atoms with Crippen LogP contribution in [0.4, 0.5) is 5.69 Å². The van der Waals surface area contributed by atoms with Crippen LogP contribution < -0.4 is 15.6 Å². The van der Waals surface area contributed by atoms with Crippen molar-refractivity contribution in [2.24, 2.45) is 7.05 Å². The number of benzene rings is 3. The predicted molar refractivity (Wildman–Crippen MR) is 163 cm³/mol. The molecule has 0 saturated carbocycles. The molecule has 10 heteroatoms. The number of nitrogens with one attached hydrogen (secondary N) is 1. The molecule has 0 aliphatic rings. The number of carbonyl (C=O) groups excluding carboxylic acids is 1. The molecule has 0 aliphatic carbocycles. The maximum atomic E-state index is 13.4. The summed E-state index contributed by atoms with van der Waals surface area (Å²) < 4.78 is 10.3. The van der Waals surface area contributed by atoms with Gasteiger partial charge < -0.3 is 10.1 Å². The Bertz CT molecular complexity index is 1900. The van der Waals surface area contributed by atoms with Gasteiger partial charge in [-0.1, -0.05) is 48.0 Å². The first-order chi connectivity index (χ1) is 20.3. The Morgan fingerprint density at radius 1 is 1.07 bits per heavy atom. The quantitative estimate of drug-likeness (QED) is 0.181. The fourth-order valence-electron chi connectivity index (χ4n) is 4.55. The highest BCUT2D eigenvalue weighted by atomic mass is 35.5. The van der Waals surface area contributed by atoms with E-state index in [0.29, 0.717) is 45.6 Å². The maximum absolute atomic E-state index is 13.4. The van der Waals surface area contributed by atoms with Gasteiger partial charge >= 0.3 is 0 Å². The number of carbonyl (C=O) groups is 1. The fourth-order valence-corrected chi connectivity index (χ4v) is 4.78. The largest absolute Gasteiger partial charge is 0.492 e. The van der Waals surface area contributed by atoms with Gasteiger partial charge in [0.2, 0.25) is 0 Å². The maximum Gasteiger partial charge on any atom is 0.295 e. The molecule has 2 heterocycles. The lowest BCUT2D eigenvalue weighted by molar-refractivity contribution is -0.112. The van der Waals surface area contributed by atoms with E-state index in [2.05, 4.69) is 5.32 Å². The average molecular weight is 579 g/mol. The normalized spacial score (nSPS) is 11.3. The molecule has 42 heavy (non-hydrogen) atoms. The summed E-state index contributed by atoms with van der Waals surface area (Å²) in [4.78, 5) is 26.7. The number of amides is 1. The number of ether oxygens (including phenoxy) is 1. The monoisotopic (exact) mass is 578 g/mol. The van der Waals surface area contributed by atoms with Gasteiger partial charge in [-0.05, 0) is 62.4 Å². The van der Waals surface area contributed by atoms with Gasteiger partial charge in [-0.15, -0.1) is 0 Å². The van der Waals surface area contributed by atoms with Crippen molar-refractivity contribution >= 4 is 29.3 Å². The Morgan fingerprint density at radius 2 is 1.74 bits per heavy atom. The molecule has 3 aromatic carbocycles. The molecule has 1 N–H and O–H groups in total. The molecule has 5 rings (SSSR count). The molecule has 0 saturated heterocycles. The van der Waals surface area contributed by atoms with Crippen LogP contribution in [0.15, 0.2) is 95.4 Å². The van der Waals surface area contributed by atoms with Crippen molar-refractivity contribution in [2.75, 3.05) is 11.9 Å². The minimum absolute atomic E-state index is 0.0889. The number of nitrogens with zero attached hydrogens (tertiary/aromatic N) is 5. The zero-order chi connectivity index (χ0) is 29.8. The zero-order valence-electron chi connectivity index (χ0n) is 23.2. The van der Waals surface area contributed by atoms with Crippen LogP contribution in [0, 0.1) is 18.3 Å². The summed E-state index contributed by atoms with van der Waals surface area (Å²) in [6, 6.07) is 25.8. The Hall–Kier alpha value is -5.33. The first-order valence-corrected chi connectivity index (χ1v) is 13.5. The molecule has 9 nitrogen and oxygen atoms in total. The topological polar surface area (TPSA) is 107 Å². The number of hydrogen-bond donors (Lipinski definition) is 1. The number of hydrogen-bond acceptors (Lipinski definition) is 5. The number of rotatable bonds is 8. The Kier molecular flexibility index (Phi) is 8.09. The van der Waals surface area contributed by atoms with Crippen molar-refractivity contribution in [2.45, 2.75) is 13.8 Å². The van der Waals surface area contributed by atoms with Gasteiger partial charge in [0.1, 0.15) is 28.8 Å². The predicted octanol–water partition coefficient (Wildman–Crippen LogP) is 5.93. The second-order valence-electron chi connectivity index (χ2n) is 9.35. The highest BCUT2D eigenvalue weighted by molar-refractivity contribution is 6.32. The minimum atomic E-state index is -0.716. The number of para-hydroxylation sites is 2. The molecule has 0 bridgehead atoms. The summed E-state index contributed by atoms with van der Waals surface area (Å²) in [6.07, 6.45) is 3.19. The van der Waals surface area contributed by atoms with E-state index in [-0.39, 0.29) is 11.3 Å². The molecule has 0 unspecified atom stereocenters. The third-order valence-corrected chi connectivity index (χ3v) is 7.02. The van der Waals surface area contributed by atoms with Crippen molar-refractivity contribution in [1.29, 1.82) is 5.26 Å². The molecule has 1 amide bonds. The molecule has 0 radical (unpaired) electrons. The smallest absolute Gasteiger partial charge is 0.295 e. The van der Waals surface area contributed by atoms with E-state index in [1.54, 1.807) is 53.8 Å². The lowest BCUT2D eigenvalue weighted by atomic mass is 10.1. The highest BCUT2D eigenvalue weighted by Gasteiger charge is 2.21. The van der Waals surface area contributed by atoms with Crippen molar-refractivity contribution in [3.63, 3.8) is 0 Å². The molecule has 0 atom stereocenters. The molecular weight excluding hydrogens is 552 g/mol. The summed E-state index contributed by atoms with van der Waals surface area (Å²) in [6.45, 7) is 4.06. The number of halogens is 1. The molecule has 0 aliphatic heterocycles. The number of aromatic nitrogens is 4. The van der Waals surface area contributed by atoms with E-state index in [1.165, 1.54) is 10.8 Å². The summed E-state index contributed by atoms with van der Waals surface area (Å²) in [7, 11) is 1.73. The van der Waals surface area contributed by atoms with Gasteiger partial charge in [0.15, 0.2) is 0 Å². The molecule has 5 aromatic rings. The van der Waals surface area contributed by atoms with E-state index in [1.807, 2.05) is 67.6 Å². The summed E-state index contributed by atoms with van der Waals surface area (Å²) in [5.41, 5.74) is 3.15. The van der Waals surface area contributed by atoms with Crippen LogP contribution in [-0.2, 0) is 11.8 Å². The van der Waals surface area contributed by atoms with Gasteiger partial charge in [0.25, 0.3) is 11.5 Å².